The molecule has 9 aromatic rings. The van der Waals surface area contributed by atoms with E-state index < -0.39 is 0 Å². The quantitative estimate of drug-likeness (QED) is 0.193. The SMILES string of the molecule is c1ccc(-c2nc(-c3cccc(-c4ccc5c(ccc6sc(-c7ccccc7)nc65)c4)c3)nc(-c3ccc4ccccc4c3)n2)cc1. The fourth-order valence-corrected chi connectivity index (χ4v) is 7.11. The van der Waals surface area contributed by atoms with Crippen LogP contribution in [-0.2, 0) is 0 Å². The molecular weight excluding hydrogens is 593 g/mol. The Bertz CT molecular complexity index is 2580. The Morgan fingerprint density at radius 2 is 0.894 bits per heavy atom. The number of rotatable bonds is 5. The van der Waals surface area contributed by atoms with Crippen molar-refractivity contribution in [2.75, 3.05) is 0 Å². The molecule has 5 heteroatoms. The Morgan fingerprint density at radius 3 is 1.68 bits per heavy atom. The maximum atomic E-state index is 5.05. The van der Waals surface area contributed by atoms with E-state index in [1.807, 2.05) is 36.4 Å². The van der Waals surface area contributed by atoms with E-state index >= 15 is 0 Å². The van der Waals surface area contributed by atoms with E-state index in [9.17, 15) is 0 Å². The van der Waals surface area contributed by atoms with Crippen molar-refractivity contribution in [1.29, 1.82) is 0 Å². The normalized spacial score (nSPS) is 11.4. The summed E-state index contributed by atoms with van der Waals surface area (Å²) in [7, 11) is 0. The molecular formula is C42H26N4S. The average Bonchev–Trinajstić information content (AvgIpc) is 3.60. The lowest BCUT2D eigenvalue weighted by Crippen LogP contribution is -2.00. The molecule has 2 heterocycles. The van der Waals surface area contributed by atoms with Crippen molar-refractivity contribution in [3.63, 3.8) is 0 Å². The number of nitrogens with zero attached hydrogens (tertiary/aromatic N) is 4. The first-order valence-corrected chi connectivity index (χ1v) is 16.4. The van der Waals surface area contributed by atoms with E-state index in [-0.39, 0.29) is 0 Å². The monoisotopic (exact) mass is 618 g/mol. The van der Waals surface area contributed by atoms with Gasteiger partial charge in [0.05, 0.1) is 10.2 Å². The summed E-state index contributed by atoms with van der Waals surface area (Å²) < 4.78 is 1.19. The summed E-state index contributed by atoms with van der Waals surface area (Å²) in [5.74, 6) is 1.94. The van der Waals surface area contributed by atoms with E-state index in [4.69, 9.17) is 19.9 Å². The predicted octanol–water partition coefficient (Wildman–Crippen LogP) is 11.1. The summed E-state index contributed by atoms with van der Waals surface area (Å²) in [6.45, 7) is 0. The van der Waals surface area contributed by atoms with Crippen molar-refractivity contribution >= 4 is 43.1 Å². The van der Waals surface area contributed by atoms with Gasteiger partial charge in [0.25, 0.3) is 0 Å². The molecule has 0 spiro atoms. The second-order valence-electron chi connectivity index (χ2n) is 11.5. The van der Waals surface area contributed by atoms with Crippen LogP contribution in [0.1, 0.15) is 0 Å². The molecule has 0 N–H and O–H groups in total. The molecule has 2 aromatic heterocycles. The summed E-state index contributed by atoms with van der Waals surface area (Å²) in [4.78, 5) is 20.0. The third-order valence-corrected chi connectivity index (χ3v) is 9.59. The topological polar surface area (TPSA) is 51.6 Å². The van der Waals surface area contributed by atoms with E-state index in [0.717, 1.165) is 60.1 Å². The fourth-order valence-electron chi connectivity index (χ4n) is 6.12. The predicted molar refractivity (Wildman–Crippen MR) is 195 cm³/mol. The van der Waals surface area contributed by atoms with Crippen molar-refractivity contribution in [3.05, 3.63) is 158 Å². The maximum Gasteiger partial charge on any atom is 0.164 e. The highest BCUT2D eigenvalue weighted by atomic mass is 32.1. The van der Waals surface area contributed by atoms with Crippen molar-refractivity contribution in [3.8, 4) is 55.9 Å². The lowest BCUT2D eigenvalue weighted by Gasteiger charge is -2.10. The second-order valence-corrected chi connectivity index (χ2v) is 12.6. The summed E-state index contributed by atoms with van der Waals surface area (Å²) in [6.07, 6.45) is 0. The lowest BCUT2D eigenvalue weighted by molar-refractivity contribution is 1.07. The minimum Gasteiger partial charge on any atom is -0.235 e. The zero-order chi connectivity index (χ0) is 31.2. The zero-order valence-corrected chi connectivity index (χ0v) is 26.0. The van der Waals surface area contributed by atoms with Gasteiger partial charge in [-0.2, -0.15) is 0 Å². The molecule has 0 amide bonds. The number of hydrogen-bond donors (Lipinski definition) is 0. The summed E-state index contributed by atoms with van der Waals surface area (Å²) >= 11 is 1.73. The molecule has 0 atom stereocenters. The molecule has 0 saturated carbocycles. The number of benzene rings is 7. The molecule has 9 rings (SSSR count). The molecule has 47 heavy (non-hydrogen) atoms. The third kappa shape index (κ3) is 5.13. The van der Waals surface area contributed by atoms with Crippen LogP contribution in [0.25, 0.3) is 87.6 Å². The van der Waals surface area contributed by atoms with Crippen molar-refractivity contribution in [2.24, 2.45) is 0 Å². The Kier molecular flexibility index (Phi) is 6.61. The van der Waals surface area contributed by atoms with Gasteiger partial charge >= 0.3 is 0 Å². The molecule has 0 radical (unpaired) electrons. The van der Waals surface area contributed by atoms with Gasteiger partial charge in [0.1, 0.15) is 5.01 Å². The first-order valence-electron chi connectivity index (χ1n) is 15.6. The summed E-state index contributed by atoms with van der Waals surface area (Å²) in [5, 5.41) is 5.70. The molecule has 0 unspecified atom stereocenters. The van der Waals surface area contributed by atoms with Gasteiger partial charge < -0.3 is 0 Å². The van der Waals surface area contributed by atoms with Gasteiger partial charge in [-0.15, -0.1) is 11.3 Å². The summed E-state index contributed by atoms with van der Waals surface area (Å²) in [5.41, 5.74) is 7.27. The molecule has 0 aliphatic carbocycles. The fraction of sp³-hybridized carbons (Fsp3) is 0. The number of thiazole rings is 1. The first-order chi connectivity index (χ1) is 23.2. The van der Waals surface area contributed by atoms with Crippen LogP contribution in [-0.4, -0.2) is 19.9 Å². The Hall–Kier alpha value is -6.04. The van der Waals surface area contributed by atoms with Gasteiger partial charge in [-0.3, -0.25) is 0 Å². The average molecular weight is 619 g/mol. The Balaban J connectivity index is 1.13. The van der Waals surface area contributed by atoms with E-state index in [2.05, 4.69) is 121 Å². The minimum absolute atomic E-state index is 0.641. The first kappa shape index (κ1) is 27.3. The third-order valence-electron chi connectivity index (χ3n) is 8.52. The Morgan fingerprint density at radius 1 is 0.340 bits per heavy atom. The zero-order valence-electron chi connectivity index (χ0n) is 25.2. The maximum absolute atomic E-state index is 5.05. The molecule has 220 valence electrons. The second kappa shape index (κ2) is 11.4. The van der Waals surface area contributed by atoms with Gasteiger partial charge in [0.15, 0.2) is 17.5 Å². The molecule has 0 fully saturated rings. The van der Waals surface area contributed by atoms with Gasteiger partial charge in [-0.05, 0) is 51.6 Å². The molecule has 7 aromatic carbocycles. The smallest absolute Gasteiger partial charge is 0.164 e. The van der Waals surface area contributed by atoms with Gasteiger partial charge in [-0.1, -0.05) is 133 Å². The minimum atomic E-state index is 0.641. The van der Waals surface area contributed by atoms with Gasteiger partial charge in [0, 0.05) is 27.6 Å². The molecule has 4 nitrogen and oxygen atoms in total. The van der Waals surface area contributed by atoms with Crippen LogP contribution in [0.3, 0.4) is 0 Å². The lowest BCUT2D eigenvalue weighted by atomic mass is 9.99. The number of hydrogen-bond acceptors (Lipinski definition) is 5. The van der Waals surface area contributed by atoms with Crippen LogP contribution in [0.15, 0.2) is 158 Å². The van der Waals surface area contributed by atoms with E-state index in [0.29, 0.717) is 17.5 Å². The van der Waals surface area contributed by atoms with Crippen LogP contribution in [0.4, 0.5) is 0 Å². The van der Waals surface area contributed by atoms with Crippen LogP contribution in [0.2, 0.25) is 0 Å². The van der Waals surface area contributed by atoms with Crippen LogP contribution in [0, 0.1) is 0 Å². The van der Waals surface area contributed by atoms with E-state index in [1.165, 1.54) is 10.1 Å². The highest BCUT2D eigenvalue weighted by molar-refractivity contribution is 7.21. The molecule has 0 aliphatic heterocycles. The van der Waals surface area contributed by atoms with Gasteiger partial charge in [0.2, 0.25) is 0 Å². The van der Waals surface area contributed by atoms with Crippen LogP contribution >= 0.6 is 11.3 Å². The Labute approximate surface area is 275 Å². The largest absolute Gasteiger partial charge is 0.235 e. The molecule has 0 aliphatic rings. The standard InChI is InChI=1S/C42H26N4S/c1-3-11-28(12-4-1)39-44-40(46-41(45-39)35-19-18-27-10-7-8-15-30(27)25-35)34-17-9-16-31(26-34)32-20-22-36-33(24-32)21-23-37-38(36)43-42(47-37)29-13-5-2-6-14-29/h1-26H. The number of aromatic nitrogens is 4. The van der Waals surface area contributed by atoms with Crippen LogP contribution in [0.5, 0.6) is 0 Å². The van der Waals surface area contributed by atoms with Crippen LogP contribution < -0.4 is 0 Å². The summed E-state index contributed by atoms with van der Waals surface area (Å²) in [6, 6.07) is 54.7. The molecule has 0 bridgehead atoms. The highest BCUT2D eigenvalue weighted by Gasteiger charge is 2.14. The van der Waals surface area contributed by atoms with Crippen molar-refractivity contribution < 1.29 is 0 Å². The van der Waals surface area contributed by atoms with Crippen molar-refractivity contribution in [2.45, 2.75) is 0 Å². The van der Waals surface area contributed by atoms with Gasteiger partial charge in [-0.25, -0.2) is 19.9 Å². The highest BCUT2D eigenvalue weighted by Crippen LogP contribution is 2.36. The van der Waals surface area contributed by atoms with Crippen molar-refractivity contribution in [1.82, 2.24) is 19.9 Å². The molecule has 0 saturated heterocycles. The number of fused-ring (bicyclic) bond motifs is 4. The van der Waals surface area contributed by atoms with E-state index in [1.54, 1.807) is 11.3 Å².